The fourth-order valence-corrected chi connectivity index (χ4v) is 3.12. The van der Waals surface area contributed by atoms with Crippen molar-refractivity contribution in [3.63, 3.8) is 0 Å². The first-order valence-electron chi connectivity index (χ1n) is 7.40. The Morgan fingerprint density at radius 3 is 2.95 bits per heavy atom. The van der Waals surface area contributed by atoms with E-state index in [0.29, 0.717) is 0 Å². The van der Waals surface area contributed by atoms with Gasteiger partial charge >= 0.3 is 0 Å². The molecule has 0 radical (unpaired) electrons. The number of hydrogen-bond acceptors (Lipinski definition) is 3. The maximum absolute atomic E-state index is 13.8. The van der Waals surface area contributed by atoms with Crippen LogP contribution in [-0.2, 0) is 7.05 Å². The third-order valence-corrected chi connectivity index (χ3v) is 4.20. The van der Waals surface area contributed by atoms with Crippen LogP contribution in [0.5, 0.6) is 0 Å². The van der Waals surface area contributed by atoms with Gasteiger partial charge in [0, 0.05) is 37.0 Å². The van der Waals surface area contributed by atoms with Crippen LogP contribution in [0.25, 0.3) is 0 Å². The number of nitrogens with zero attached hydrogens (tertiary/aromatic N) is 3. The van der Waals surface area contributed by atoms with Crippen molar-refractivity contribution in [2.24, 2.45) is 7.05 Å². The molecule has 1 saturated heterocycles. The van der Waals surface area contributed by atoms with Gasteiger partial charge in [-0.25, -0.2) is 8.78 Å². The second-order valence-electron chi connectivity index (χ2n) is 5.78. The molecule has 0 amide bonds. The topological polar surface area (TPSA) is 41.3 Å². The molecule has 1 aromatic heterocycles. The molecule has 0 spiro atoms. The molecule has 0 bridgehead atoms. The average Bonchev–Trinajstić information content (AvgIpc) is 3.10. The van der Waals surface area contributed by atoms with Gasteiger partial charge < -0.3 is 5.11 Å². The fourth-order valence-electron chi connectivity index (χ4n) is 3.12. The van der Waals surface area contributed by atoms with Crippen molar-refractivity contribution in [1.29, 1.82) is 0 Å². The lowest BCUT2D eigenvalue weighted by Gasteiger charge is -2.26. The Kier molecular flexibility index (Phi) is 4.22. The molecule has 4 nitrogen and oxygen atoms in total. The molecule has 1 N–H and O–H groups in total. The molecular formula is C16H19F2N3O. The highest BCUT2D eigenvalue weighted by atomic mass is 19.1. The Bertz CT molecular complexity index is 659. The molecule has 118 valence electrons. The fraction of sp³-hybridized carbons (Fsp3) is 0.438. The second-order valence-corrected chi connectivity index (χ2v) is 5.78. The normalized spacial score (nSPS) is 20.5. The summed E-state index contributed by atoms with van der Waals surface area (Å²) in [6.07, 6.45) is 4.71. The Labute approximate surface area is 128 Å². The van der Waals surface area contributed by atoms with E-state index in [-0.39, 0.29) is 18.2 Å². The number of hydrogen-bond donors (Lipinski definition) is 1. The molecule has 2 atom stereocenters. The SMILES string of the molecule is Cn1cc(C2CCCN2CC(O)c2cc(F)ccc2F)cn1. The summed E-state index contributed by atoms with van der Waals surface area (Å²) < 4.78 is 28.8. The number of aromatic nitrogens is 2. The summed E-state index contributed by atoms with van der Waals surface area (Å²) in [5, 5.41) is 14.5. The molecule has 2 heterocycles. The third kappa shape index (κ3) is 3.03. The predicted molar refractivity (Wildman–Crippen MR) is 78.1 cm³/mol. The Hall–Kier alpha value is -1.79. The summed E-state index contributed by atoms with van der Waals surface area (Å²) in [7, 11) is 1.86. The van der Waals surface area contributed by atoms with Crippen molar-refractivity contribution >= 4 is 0 Å². The van der Waals surface area contributed by atoms with Crippen LogP contribution in [0.4, 0.5) is 8.78 Å². The third-order valence-electron chi connectivity index (χ3n) is 4.20. The lowest BCUT2D eigenvalue weighted by atomic mass is 10.1. The first kappa shape index (κ1) is 15.1. The molecule has 22 heavy (non-hydrogen) atoms. The van der Waals surface area contributed by atoms with E-state index < -0.39 is 17.7 Å². The van der Waals surface area contributed by atoms with Crippen molar-refractivity contribution in [2.45, 2.75) is 25.0 Å². The first-order chi connectivity index (χ1) is 10.5. The molecule has 3 rings (SSSR count). The minimum Gasteiger partial charge on any atom is -0.387 e. The minimum absolute atomic E-state index is 0.0110. The standard InChI is InChI=1S/C16H19F2N3O/c1-20-9-11(8-19-20)15-3-2-6-21(15)10-16(22)13-7-12(17)4-5-14(13)18/h4-5,7-9,15-16,22H,2-3,6,10H2,1H3. The zero-order valence-corrected chi connectivity index (χ0v) is 12.4. The summed E-state index contributed by atoms with van der Waals surface area (Å²) in [5.74, 6) is -1.12. The number of benzene rings is 1. The zero-order chi connectivity index (χ0) is 15.7. The van der Waals surface area contributed by atoms with E-state index in [1.165, 1.54) is 0 Å². The number of β-amino-alcohol motifs (C(OH)–C–C–N with tert-alkyl or cyclic N) is 1. The monoisotopic (exact) mass is 307 g/mol. The molecule has 1 aliphatic heterocycles. The second kappa shape index (κ2) is 6.14. The van der Waals surface area contributed by atoms with Crippen LogP contribution in [0.2, 0.25) is 0 Å². The number of rotatable bonds is 4. The molecule has 1 aromatic carbocycles. The van der Waals surface area contributed by atoms with Crippen LogP contribution in [0, 0.1) is 11.6 Å². The van der Waals surface area contributed by atoms with E-state index in [2.05, 4.69) is 10.00 Å². The van der Waals surface area contributed by atoms with Gasteiger partial charge in [0.25, 0.3) is 0 Å². The maximum atomic E-state index is 13.8. The quantitative estimate of drug-likeness (QED) is 0.944. The number of aliphatic hydroxyl groups excluding tert-OH is 1. The average molecular weight is 307 g/mol. The number of halogens is 2. The van der Waals surface area contributed by atoms with Gasteiger partial charge in [-0.3, -0.25) is 9.58 Å². The Morgan fingerprint density at radius 1 is 1.41 bits per heavy atom. The van der Waals surface area contributed by atoms with Crippen LogP contribution in [0.15, 0.2) is 30.6 Å². The zero-order valence-electron chi connectivity index (χ0n) is 12.4. The van der Waals surface area contributed by atoms with Gasteiger partial charge in [-0.1, -0.05) is 0 Å². The summed E-state index contributed by atoms with van der Waals surface area (Å²) >= 11 is 0. The Balaban J connectivity index is 1.75. The summed E-state index contributed by atoms with van der Waals surface area (Å²) in [4.78, 5) is 2.10. The highest BCUT2D eigenvalue weighted by Gasteiger charge is 2.29. The van der Waals surface area contributed by atoms with Crippen LogP contribution in [-0.4, -0.2) is 32.9 Å². The Morgan fingerprint density at radius 2 is 2.23 bits per heavy atom. The lowest BCUT2D eigenvalue weighted by molar-refractivity contribution is 0.103. The molecule has 0 saturated carbocycles. The number of likely N-dealkylation sites (tertiary alicyclic amines) is 1. The highest BCUT2D eigenvalue weighted by molar-refractivity contribution is 5.22. The molecule has 2 unspecified atom stereocenters. The molecular weight excluding hydrogens is 288 g/mol. The largest absolute Gasteiger partial charge is 0.387 e. The smallest absolute Gasteiger partial charge is 0.129 e. The number of aryl methyl sites for hydroxylation is 1. The van der Waals surface area contributed by atoms with Gasteiger partial charge in [-0.15, -0.1) is 0 Å². The van der Waals surface area contributed by atoms with Crippen LogP contribution >= 0.6 is 0 Å². The molecule has 1 fully saturated rings. The van der Waals surface area contributed by atoms with Gasteiger partial charge in [0.1, 0.15) is 11.6 Å². The van der Waals surface area contributed by atoms with Gasteiger partial charge in [-0.05, 0) is 37.6 Å². The highest BCUT2D eigenvalue weighted by Crippen LogP contribution is 2.33. The lowest BCUT2D eigenvalue weighted by Crippen LogP contribution is -2.28. The van der Waals surface area contributed by atoms with Crippen molar-refractivity contribution < 1.29 is 13.9 Å². The number of aliphatic hydroxyl groups is 1. The van der Waals surface area contributed by atoms with Crippen LogP contribution in [0.3, 0.4) is 0 Å². The van der Waals surface area contributed by atoms with Gasteiger partial charge in [0.15, 0.2) is 0 Å². The van der Waals surface area contributed by atoms with Gasteiger partial charge in [-0.2, -0.15) is 5.10 Å². The van der Waals surface area contributed by atoms with E-state index in [1.807, 2.05) is 19.4 Å². The summed E-state index contributed by atoms with van der Waals surface area (Å²) in [6, 6.07) is 3.34. The first-order valence-corrected chi connectivity index (χ1v) is 7.40. The van der Waals surface area contributed by atoms with Crippen LogP contribution in [0.1, 0.15) is 36.1 Å². The van der Waals surface area contributed by atoms with E-state index >= 15 is 0 Å². The van der Waals surface area contributed by atoms with E-state index in [4.69, 9.17) is 0 Å². The molecule has 1 aliphatic rings. The maximum Gasteiger partial charge on any atom is 0.129 e. The van der Waals surface area contributed by atoms with Gasteiger partial charge in [0.2, 0.25) is 0 Å². The van der Waals surface area contributed by atoms with Crippen LogP contribution < -0.4 is 0 Å². The van der Waals surface area contributed by atoms with Crippen molar-refractivity contribution in [3.05, 3.63) is 53.4 Å². The molecule has 0 aliphatic carbocycles. The summed E-state index contributed by atoms with van der Waals surface area (Å²) in [5.41, 5.74) is 1.10. The predicted octanol–water partition coefficient (Wildman–Crippen LogP) is 2.57. The van der Waals surface area contributed by atoms with Gasteiger partial charge in [0.05, 0.1) is 12.3 Å². The summed E-state index contributed by atoms with van der Waals surface area (Å²) in [6.45, 7) is 1.10. The van der Waals surface area contributed by atoms with Crippen molar-refractivity contribution in [1.82, 2.24) is 14.7 Å². The van der Waals surface area contributed by atoms with Crippen molar-refractivity contribution in [3.8, 4) is 0 Å². The molecule has 2 aromatic rings. The van der Waals surface area contributed by atoms with Crippen molar-refractivity contribution in [2.75, 3.05) is 13.1 Å². The molecule has 6 heteroatoms. The van der Waals surface area contributed by atoms with E-state index in [0.717, 1.165) is 43.1 Å². The van der Waals surface area contributed by atoms with E-state index in [1.54, 1.807) is 4.68 Å². The van der Waals surface area contributed by atoms with E-state index in [9.17, 15) is 13.9 Å². The minimum atomic E-state index is -1.05.